The molecule has 3 rings (SSSR count). The fourth-order valence-electron chi connectivity index (χ4n) is 2.53. The van der Waals surface area contributed by atoms with E-state index >= 15 is 0 Å². The van der Waals surface area contributed by atoms with Gasteiger partial charge in [0.1, 0.15) is 5.65 Å². The van der Waals surface area contributed by atoms with Gasteiger partial charge >= 0.3 is 0 Å². The molecule has 0 spiro atoms. The third kappa shape index (κ3) is 3.48. The molecule has 7 heteroatoms. The Kier molecular flexibility index (Phi) is 4.44. The highest BCUT2D eigenvalue weighted by atomic mass is 16.1. The fraction of sp³-hybridized carbons (Fsp3) is 0.111. The van der Waals surface area contributed by atoms with Crippen molar-refractivity contribution in [2.45, 2.75) is 6.54 Å². The molecule has 25 heavy (non-hydrogen) atoms. The molecule has 3 aromatic rings. The average molecular weight is 333 g/mol. The van der Waals surface area contributed by atoms with E-state index in [0.29, 0.717) is 12.2 Å². The minimum absolute atomic E-state index is 0.145. The number of nitrogens with two attached hydrogens (primary N) is 1. The second-order valence-electron chi connectivity index (χ2n) is 5.43. The van der Waals surface area contributed by atoms with Gasteiger partial charge in [0, 0.05) is 47.2 Å². The zero-order valence-corrected chi connectivity index (χ0v) is 13.3. The predicted molar refractivity (Wildman–Crippen MR) is 95.5 cm³/mol. The van der Waals surface area contributed by atoms with Gasteiger partial charge in [0.15, 0.2) is 0 Å². The van der Waals surface area contributed by atoms with Crippen LogP contribution in [0.25, 0.3) is 33.1 Å². The van der Waals surface area contributed by atoms with Crippen LogP contribution in [0.3, 0.4) is 0 Å². The largest absolute Gasteiger partial charge is 0.366 e. The highest BCUT2D eigenvalue weighted by Crippen LogP contribution is 2.24. The lowest BCUT2D eigenvalue weighted by molar-refractivity contribution is -0.113. The summed E-state index contributed by atoms with van der Waals surface area (Å²) in [6.07, 6.45) is 8.10. The third-order valence-electron chi connectivity index (χ3n) is 3.76. The molecule has 7 nitrogen and oxygen atoms in total. The van der Waals surface area contributed by atoms with Crippen molar-refractivity contribution in [1.82, 2.24) is 14.5 Å². The van der Waals surface area contributed by atoms with Crippen molar-refractivity contribution >= 4 is 23.0 Å². The van der Waals surface area contributed by atoms with E-state index in [4.69, 9.17) is 12.3 Å². The van der Waals surface area contributed by atoms with Crippen LogP contribution in [0.15, 0.2) is 47.7 Å². The van der Waals surface area contributed by atoms with Crippen molar-refractivity contribution in [3.05, 3.63) is 70.2 Å². The van der Waals surface area contributed by atoms with Crippen molar-refractivity contribution in [2.75, 3.05) is 6.54 Å². The summed E-state index contributed by atoms with van der Waals surface area (Å²) in [5.41, 5.74) is 8.13. The first kappa shape index (κ1) is 16.2. The van der Waals surface area contributed by atoms with E-state index < -0.39 is 5.91 Å². The lowest BCUT2D eigenvalue weighted by Crippen LogP contribution is -2.19. The van der Waals surface area contributed by atoms with E-state index in [1.807, 2.05) is 6.07 Å². The highest BCUT2D eigenvalue weighted by molar-refractivity contribution is 5.95. The maximum atomic E-state index is 11.9. The Bertz CT molecular complexity index is 1070. The van der Waals surface area contributed by atoms with E-state index in [-0.39, 0.29) is 12.1 Å². The molecule has 1 amide bonds. The Morgan fingerprint density at radius 2 is 2.24 bits per heavy atom. The van der Waals surface area contributed by atoms with Crippen LogP contribution in [0, 0.1) is 6.57 Å². The molecule has 3 aromatic heterocycles. The average Bonchev–Trinajstić information content (AvgIpc) is 3.01. The molecule has 0 unspecified atom stereocenters. The molecule has 0 saturated heterocycles. The summed E-state index contributed by atoms with van der Waals surface area (Å²) in [5, 5.41) is 0.842. The van der Waals surface area contributed by atoms with Gasteiger partial charge < -0.3 is 20.1 Å². The standard InChI is InChI=1S/C18H15N5O2/c1-20-6-7-23-11-13(3-5-17(23)25)14-8-15-12(2-4-16(19)24)9-21-18(15)22-10-14/h2-5,8-11H,6-7H2,(H2,19,24)(H,21,22)/b4-2+. The number of amides is 1. The van der Waals surface area contributed by atoms with Gasteiger partial charge in [0.05, 0.1) is 6.54 Å². The van der Waals surface area contributed by atoms with E-state index in [2.05, 4.69) is 14.8 Å². The molecule has 3 N–H and O–H groups in total. The van der Waals surface area contributed by atoms with Crippen LogP contribution in [0.5, 0.6) is 0 Å². The molecular weight excluding hydrogens is 318 g/mol. The summed E-state index contributed by atoms with van der Waals surface area (Å²) >= 11 is 0. The number of hydrogen-bond donors (Lipinski definition) is 2. The number of fused-ring (bicyclic) bond motifs is 1. The molecule has 0 aliphatic rings. The second kappa shape index (κ2) is 6.84. The number of aromatic amines is 1. The third-order valence-corrected chi connectivity index (χ3v) is 3.76. The number of nitrogens with zero attached hydrogens (tertiary/aromatic N) is 3. The number of nitrogens with one attached hydrogen (secondary N) is 1. The number of carbonyl (C=O) groups excluding carboxylic acids is 1. The summed E-state index contributed by atoms with van der Waals surface area (Å²) in [5.74, 6) is -0.523. The predicted octanol–water partition coefficient (Wildman–Crippen LogP) is 1.81. The fourth-order valence-corrected chi connectivity index (χ4v) is 2.53. The van der Waals surface area contributed by atoms with E-state index in [1.54, 1.807) is 30.7 Å². The quantitative estimate of drug-likeness (QED) is 0.550. The van der Waals surface area contributed by atoms with Crippen LogP contribution in [0.4, 0.5) is 0 Å². The van der Waals surface area contributed by atoms with E-state index in [1.165, 1.54) is 16.7 Å². The maximum absolute atomic E-state index is 11.9. The Hall–Kier alpha value is -3.66. The van der Waals surface area contributed by atoms with Gasteiger partial charge in [-0.05, 0) is 23.8 Å². The number of H-pyrrole nitrogens is 1. The zero-order valence-electron chi connectivity index (χ0n) is 13.3. The summed E-state index contributed by atoms with van der Waals surface area (Å²) < 4.78 is 1.52. The summed E-state index contributed by atoms with van der Waals surface area (Å²) in [7, 11) is 0. The Balaban J connectivity index is 2.04. The van der Waals surface area contributed by atoms with Crippen LogP contribution in [0.1, 0.15) is 5.56 Å². The van der Waals surface area contributed by atoms with Crippen LogP contribution in [0.2, 0.25) is 0 Å². The van der Waals surface area contributed by atoms with Crippen molar-refractivity contribution in [3.8, 4) is 11.1 Å². The maximum Gasteiger partial charge on any atom is 0.250 e. The van der Waals surface area contributed by atoms with Crippen molar-refractivity contribution in [3.63, 3.8) is 0 Å². The smallest absolute Gasteiger partial charge is 0.250 e. The molecule has 3 heterocycles. The van der Waals surface area contributed by atoms with Gasteiger partial charge in [-0.15, -0.1) is 0 Å². The Morgan fingerprint density at radius 1 is 1.40 bits per heavy atom. The highest BCUT2D eigenvalue weighted by Gasteiger charge is 2.07. The molecule has 0 aliphatic heterocycles. The first-order valence-electron chi connectivity index (χ1n) is 7.57. The Morgan fingerprint density at radius 3 is 3.00 bits per heavy atom. The monoisotopic (exact) mass is 333 g/mol. The van der Waals surface area contributed by atoms with Crippen LogP contribution in [-0.4, -0.2) is 27.0 Å². The van der Waals surface area contributed by atoms with Crippen LogP contribution < -0.4 is 11.3 Å². The molecule has 0 saturated carbocycles. The SMILES string of the molecule is [C-]#[N+]CCn1cc(-c2cnc3[nH]cc(/C=C/C(N)=O)c3c2)ccc1=O. The number of primary amides is 1. The minimum Gasteiger partial charge on any atom is -0.366 e. The molecular formula is C18H15N5O2. The normalized spacial score (nSPS) is 11.0. The number of hydrogen-bond acceptors (Lipinski definition) is 3. The summed E-state index contributed by atoms with van der Waals surface area (Å²) in [6.45, 7) is 7.46. The van der Waals surface area contributed by atoms with Crippen LogP contribution in [-0.2, 0) is 11.3 Å². The minimum atomic E-state index is -0.523. The molecule has 0 atom stereocenters. The summed E-state index contributed by atoms with van der Waals surface area (Å²) in [4.78, 5) is 33.5. The van der Waals surface area contributed by atoms with Gasteiger partial charge in [-0.25, -0.2) is 11.6 Å². The molecule has 0 bridgehead atoms. The second-order valence-corrected chi connectivity index (χ2v) is 5.43. The van der Waals surface area contributed by atoms with Gasteiger partial charge in [0.2, 0.25) is 12.5 Å². The van der Waals surface area contributed by atoms with Crippen molar-refractivity contribution in [2.24, 2.45) is 5.73 Å². The van der Waals surface area contributed by atoms with Gasteiger partial charge in [-0.2, -0.15) is 0 Å². The van der Waals surface area contributed by atoms with Crippen molar-refractivity contribution in [1.29, 1.82) is 0 Å². The van der Waals surface area contributed by atoms with E-state index in [9.17, 15) is 9.59 Å². The van der Waals surface area contributed by atoms with Crippen molar-refractivity contribution < 1.29 is 4.79 Å². The molecule has 0 aliphatic carbocycles. The molecule has 124 valence electrons. The van der Waals surface area contributed by atoms with Gasteiger partial charge in [-0.3, -0.25) is 9.59 Å². The van der Waals surface area contributed by atoms with Crippen LogP contribution >= 0.6 is 0 Å². The first-order chi connectivity index (χ1) is 12.1. The lowest BCUT2D eigenvalue weighted by Gasteiger charge is -2.06. The summed E-state index contributed by atoms with van der Waals surface area (Å²) in [6, 6.07) is 5.14. The first-order valence-corrected chi connectivity index (χ1v) is 7.57. The zero-order chi connectivity index (χ0) is 17.8. The molecule has 0 aromatic carbocycles. The number of aromatic nitrogens is 3. The Labute approximate surface area is 143 Å². The number of carbonyl (C=O) groups is 1. The van der Waals surface area contributed by atoms with Gasteiger partial charge in [0.25, 0.3) is 5.56 Å². The molecule has 0 radical (unpaired) electrons. The topological polar surface area (TPSA) is 98.1 Å². The number of rotatable bonds is 5. The molecule has 0 fully saturated rings. The van der Waals surface area contributed by atoms with Gasteiger partial charge in [-0.1, -0.05) is 0 Å². The van der Waals surface area contributed by atoms with E-state index in [0.717, 1.165) is 22.1 Å². The number of pyridine rings is 2. The lowest BCUT2D eigenvalue weighted by atomic mass is 10.1.